The van der Waals surface area contributed by atoms with E-state index < -0.39 is 0 Å². The van der Waals surface area contributed by atoms with Gasteiger partial charge in [0.05, 0.1) is 0 Å². The first-order valence-electron chi connectivity index (χ1n) is 9.09. The van der Waals surface area contributed by atoms with Crippen molar-refractivity contribution in [3.05, 3.63) is 35.9 Å². The number of guanidine groups is 1. The van der Waals surface area contributed by atoms with Crippen molar-refractivity contribution in [3.63, 3.8) is 0 Å². The van der Waals surface area contributed by atoms with E-state index in [9.17, 15) is 0 Å². The van der Waals surface area contributed by atoms with Crippen LogP contribution in [0, 0.1) is 5.92 Å². The number of rotatable bonds is 9. The quantitative estimate of drug-likeness (QED) is 0.249. The number of halogens is 1. The molecule has 1 heterocycles. The standard InChI is InChI=1S/C19H32N4S.HI/c1-3-20-19(21-11-14-24-2)22-15-18-10-13-23(16-18)12-9-17-7-5-4-6-8-17;/h4-8,18H,3,9-16H2,1-2H3,(H2,20,21,22);1H. The van der Waals surface area contributed by atoms with E-state index in [-0.39, 0.29) is 24.0 Å². The normalized spacial score (nSPS) is 18.0. The maximum atomic E-state index is 4.78. The minimum Gasteiger partial charge on any atom is -0.357 e. The fourth-order valence-corrected chi connectivity index (χ4v) is 3.34. The zero-order valence-corrected chi connectivity index (χ0v) is 18.7. The van der Waals surface area contributed by atoms with Gasteiger partial charge >= 0.3 is 0 Å². The first-order valence-corrected chi connectivity index (χ1v) is 10.5. The fraction of sp³-hybridized carbons (Fsp3) is 0.632. The third kappa shape index (κ3) is 9.15. The van der Waals surface area contributed by atoms with Crippen LogP contribution >= 0.6 is 35.7 Å². The maximum absolute atomic E-state index is 4.78. The van der Waals surface area contributed by atoms with E-state index in [1.54, 1.807) is 0 Å². The number of thioether (sulfide) groups is 1. The van der Waals surface area contributed by atoms with Crippen LogP contribution in [0.3, 0.4) is 0 Å². The summed E-state index contributed by atoms with van der Waals surface area (Å²) in [6.45, 7) is 8.49. The van der Waals surface area contributed by atoms with E-state index in [0.29, 0.717) is 5.92 Å². The second-order valence-corrected chi connectivity index (χ2v) is 7.32. The zero-order chi connectivity index (χ0) is 17.0. The maximum Gasteiger partial charge on any atom is 0.191 e. The van der Waals surface area contributed by atoms with Crippen LogP contribution < -0.4 is 10.6 Å². The molecule has 1 aliphatic rings. The van der Waals surface area contributed by atoms with E-state index in [1.165, 1.54) is 25.1 Å². The van der Waals surface area contributed by atoms with Gasteiger partial charge in [-0.3, -0.25) is 4.99 Å². The summed E-state index contributed by atoms with van der Waals surface area (Å²) in [7, 11) is 0. The largest absolute Gasteiger partial charge is 0.357 e. The first kappa shape index (κ1) is 22.6. The SMILES string of the molecule is CCNC(=NCC1CCN(CCc2ccccc2)C1)NCCSC.I. The molecule has 0 bridgehead atoms. The molecule has 0 saturated carbocycles. The number of benzene rings is 1. The number of nitrogens with one attached hydrogen (secondary N) is 2. The Kier molecular flexibility index (Phi) is 12.4. The van der Waals surface area contributed by atoms with E-state index in [4.69, 9.17) is 4.99 Å². The molecular weight excluding hydrogens is 443 g/mol. The number of likely N-dealkylation sites (tertiary alicyclic amines) is 1. The van der Waals surface area contributed by atoms with Crippen molar-refractivity contribution in [1.29, 1.82) is 0 Å². The molecule has 142 valence electrons. The summed E-state index contributed by atoms with van der Waals surface area (Å²) in [4.78, 5) is 7.36. The van der Waals surface area contributed by atoms with Gasteiger partial charge < -0.3 is 15.5 Å². The molecule has 0 aromatic heterocycles. The molecule has 1 saturated heterocycles. The lowest BCUT2D eigenvalue weighted by atomic mass is 10.1. The molecule has 2 N–H and O–H groups in total. The molecule has 0 spiro atoms. The van der Waals surface area contributed by atoms with Crippen LogP contribution in [0.5, 0.6) is 0 Å². The average molecular weight is 476 g/mol. The van der Waals surface area contributed by atoms with Gasteiger partial charge in [-0.2, -0.15) is 11.8 Å². The molecule has 1 aliphatic heterocycles. The molecule has 1 fully saturated rings. The Hall–Kier alpha value is -0.470. The highest BCUT2D eigenvalue weighted by atomic mass is 127. The van der Waals surface area contributed by atoms with Gasteiger partial charge in [-0.05, 0) is 44.0 Å². The van der Waals surface area contributed by atoms with E-state index in [0.717, 1.165) is 44.3 Å². The average Bonchev–Trinajstić information content (AvgIpc) is 3.07. The Morgan fingerprint density at radius 3 is 2.80 bits per heavy atom. The Morgan fingerprint density at radius 1 is 1.28 bits per heavy atom. The molecule has 1 aromatic rings. The second kappa shape index (κ2) is 13.7. The van der Waals surface area contributed by atoms with Crippen molar-refractivity contribution in [3.8, 4) is 0 Å². The summed E-state index contributed by atoms with van der Waals surface area (Å²) >= 11 is 1.86. The molecule has 1 aromatic carbocycles. The highest BCUT2D eigenvalue weighted by Crippen LogP contribution is 2.17. The predicted octanol–water partition coefficient (Wildman–Crippen LogP) is 3.09. The van der Waals surface area contributed by atoms with Gasteiger partial charge in [-0.15, -0.1) is 24.0 Å². The highest BCUT2D eigenvalue weighted by molar-refractivity contribution is 14.0. The van der Waals surface area contributed by atoms with E-state index >= 15 is 0 Å². The monoisotopic (exact) mass is 476 g/mol. The third-order valence-electron chi connectivity index (χ3n) is 4.38. The lowest BCUT2D eigenvalue weighted by molar-refractivity contribution is 0.329. The van der Waals surface area contributed by atoms with E-state index in [2.05, 4.69) is 59.0 Å². The molecule has 2 rings (SSSR count). The Labute approximate surface area is 174 Å². The molecule has 1 atom stereocenters. The Morgan fingerprint density at radius 2 is 2.08 bits per heavy atom. The summed E-state index contributed by atoms with van der Waals surface area (Å²) in [6.07, 6.45) is 4.55. The van der Waals surface area contributed by atoms with Crippen molar-refractivity contribution in [2.24, 2.45) is 10.9 Å². The Balaban J connectivity index is 0.00000312. The van der Waals surface area contributed by atoms with E-state index in [1.807, 2.05) is 11.8 Å². The van der Waals surface area contributed by atoms with Gasteiger partial charge in [0.15, 0.2) is 5.96 Å². The molecular formula is C19H33IN4S. The predicted molar refractivity (Wildman–Crippen MR) is 122 cm³/mol. The van der Waals surface area contributed by atoms with Crippen LogP contribution in [0.15, 0.2) is 35.3 Å². The fourth-order valence-electron chi connectivity index (χ4n) is 3.03. The topological polar surface area (TPSA) is 39.7 Å². The van der Waals surface area contributed by atoms with Crippen LogP contribution in [-0.4, -0.2) is 62.1 Å². The summed E-state index contributed by atoms with van der Waals surface area (Å²) in [6, 6.07) is 10.8. The van der Waals surface area contributed by atoms with Crippen LogP contribution in [0.2, 0.25) is 0 Å². The van der Waals surface area contributed by atoms with Crippen LogP contribution in [-0.2, 0) is 6.42 Å². The summed E-state index contributed by atoms with van der Waals surface area (Å²) in [5.41, 5.74) is 1.44. The molecule has 0 amide bonds. The van der Waals surface area contributed by atoms with Gasteiger partial charge in [0.1, 0.15) is 0 Å². The van der Waals surface area contributed by atoms with Crippen molar-refractivity contribution in [2.45, 2.75) is 19.8 Å². The smallest absolute Gasteiger partial charge is 0.191 e. The number of nitrogens with zero attached hydrogens (tertiary/aromatic N) is 2. The van der Waals surface area contributed by atoms with Crippen molar-refractivity contribution in [1.82, 2.24) is 15.5 Å². The summed E-state index contributed by atoms with van der Waals surface area (Å²) in [5, 5.41) is 6.75. The van der Waals surface area contributed by atoms with Crippen molar-refractivity contribution in [2.75, 3.05) is 51.3 Å². The van der Waals surface area contributed by atoms with Gasteiger partial charge in [0.25, 0.3) is 0 Å². The molecule has 4 nitrogen and oxygen atoms in total. The van der Waals surface area contributed by atoms with Gasteiger partial charge in [-0.25, -0.2) is 0 Å². The second-order valence-electron chi connectivity index (χ2n) is 6.33. The zero-order valence-electron chi connectivity index (χ0n) is 15.5. The minimum absolute atomic E-state index is 0. The minimum atomic E-state index is 0. The number of hydrogen-bond donors (Lipinski definition) is 2. The molecule has 1 unspecified atom stereocenters. The number of aliphatic imine (C=N–C) groups is 1. The summed E-state index contributed by atoms with van der Waals surface area (Å²) in [5.74, 6) is 2.77. The van der Waals surface area contributed by atoms with Gasteiger partial charge in [-0.1, -0.05) is 30.3 Å². The molecule has 25 heavy (non-hydrogen) atoms. The molecule has 6 heteroatoms. The van der Waals surface area contributed by atoms with Crippen LogP contribution in [0.1, 0.15) is 18.9 Å². The summed E-state index contributed by atoms with van der Waals surface area (Å²) < 4.78 is 0. The molecule has 0 aliphatic carbocycles. The Bertz CT molecular complexity index is 484. The lowest BCUT2D eigenvalue weighted by Gasteiger charge is -2.16. The van der Waals surface area contributed by atoms with Crippen LogP contribution in [0.4, 0.5) is 0 Å². The van der Waals surface area contributed by atoms with Crippen molar-refractivity contribution < 1.29 is 0 Å². The van der Waals surface area contributed by atoms with Gasteiger partial charge in [0, 0.05) is 38.5 Å². The lowest BCUT2D eigenvalue weighted by Crippen LogP contribution is -2.38. The molecule has 0 radical (unpaired) electrons. The highest BCUT2D eigenvalue weighted by Gasteiger charge is 2.21. The van der Waals surface area contributed by atoms with Crippen LogP contribution in [0.25, 0.3) is 0 Å². The third-order valence-corrected chi connectivity index (χ3v) is 4.99. The van der Waals surface area contributed by atoms with Crippen molar-refractivity contribution >= 4 is 41.7 Å². The first-order chi connectivity index (χ1) is 11.8. The number of hydrogen-bond acceptors (Lipinski definition) is 3. The van der Waals surface area contributed by atoms with Gasteiger partial charge in [0.2, 0.25) is 0 Å².